The second kappa shape index (κ2) is 3.26. The van der Waals surface area contributed by atoms with E-state index in [1.807, 2.05) is 0 Å². The first-order chi connectivity index (χ1) is 6.31. The van der Waals surface area contributed by atoms with E-state index in [0.29, 0.717) is 0 Å². The van der Waals surface area contributed by atoms with E-state index in [1.54, 1.807) is 0 Å². The number of hydrogen-bond acceptors (Lipinski definition) is 0. The maximum absolute atomic E-state index is 5.40. The summed E-state index contributed by atoms with van der Waals surface area (Å²) in [7, 11) is 0. The molecule has 0 aliphatic heterocycles. The minimum absolute atomic E-state index is 0.249. The summed E-state index contributed by atoms with van der Waals surface area (Å²) in [6.07, 6.45) is 8.11. The van der Waals surface area contributed by atoms with Gasteiger partial charge in [0.25, 0.3) is 0 Å². The van der Waals surface area contributed by atoms with Crippen LogP contribution in [0.4, 0.5) is 0 Å². The smallest absolute Gasteiger partial charge is 0.0421 e. The highest BCUT2D eigenvalue weighted by molar-refractivity contribution is 5.33. The number of benzene rings is 1. The standard InChI is InChI=1S/C13H14/c1-3-10(2)12-5-4-6-13(9-12)11-7-8-11/h1,4-6,9-11H,7-8H2,2H3. The van der Waals surface area contributed by atoms with Gasteiger partial charge in [-0.15, -0.1) is 6.42 Å². The molecular weight excluding hydrogens is 156 g/mol. The molecule has 0 amide bonds. The number of terminal acetylenes is 1. The molecule has 1 aliphatic carbocycles. The molecule has 0 bridgehead atoms. The van der Waals surface area contributed by atoms with Crippen molar-refractivity contribution in [2.45, 2.75) is 31.6 Å². The molecule has 1 fully saturated rings. The lowest BCUT2D eigenvalue weighted by Crippen LogP contribution is -1.90. The topological polar surface area (TPSA) is 0 Å². The molecule has 1 aromatic carbocycles. The molecule has 0 nitrogen and oxygen atoms in total. The molecular formula is C13H14. The van der Waals surface area contributed by atoms with Crippen LogP contribution < -0.4 is 0 Å². The quantitative estimate of drug-likeness (QED) is 0.597. The summed E-state index contributed by atoms with van der Waals surface area (Å²) in [6.45, 7) is 2.08. The van der Waals surface area contributed by atoms with Gasteiger partial charge in [-0.25, -0.2) is 0 Å². The van der Waals surface area contributed by atoms with Crippen molar-refractivity contribution < 1.29 is 0 Å². The van der Waals surface area contributed by atoms with Crippen LogP contribution in [0.1, 0.15) is 42.7 Å². The average Bonchev–Trinajstić information content (AvgIpc) is 3.00. The van der Waals surface area contributed by atoms with Crippen LogP contribution in [0.2, 0.25) is 0 Å². The van der Waals surface area contributed by atoms with Gasteiger partial charge in [-0.2, -0.15) is 0 Å². The van der Waals surface area contributed by atoms with Crippen LogP contribution >= 0.6 is 0 Å². The second-order valence-electron chi connectivity index (χ2n) is 3.83. The van der Waals surface area contributed by atoms with E-state index in [4.69, 9.17) is 6.42 Å². The Bertz CT molecular complexity index is 339. The first-order valence-electron chi connectivity index (χ1n) is 4.87. The fraction of sp³-hybridized carbons (Fsp3) is 0.385. The van der Waals surface area contributed by atoms with Crippen molar-refractivity contribution in [2.75, 3.05) is 0 Å². The lowest BCUT2D eigenvalue weighted by Gasteiger charge is -2.06. The van der Waals surface area contributed by atoms with Crippen molar-refractivity contribution >= 4 is 0 Å². The van der Waals surface area contributed by atoms with Crippen LogP contribution in [-0.2, 0) is 0 Å². The van der Waals surface area contributed by atoms with Crippen LogP contribution in [0.15, 0.2) is 24.3 Å². The van der Waals surface area contributed by atoms with Crippen molar-refractivity contribution in [3.63, 3.8) is 0 Å². The lowest BCUT2D eigenvalue weighted by molar-refractivity contribution is 0.991. The molecule has 2 rings (SSSR count). The van der Waals surface area contributed by atoms with Gasteiger partial charge in [-0.05, 0) is 36.8 Å². The molecule has 66 valence electrons. The minimum atomic E-state index is 0.249. The molecule has 0 aromatic heterocycles. The van der Waals surface area contributed by atoms with Crippen LogP contribution in [0, 0.1) is 12.3 Å². The predicted octanol–water partition coefficient (Wildman–Crippen LogP) is 3.30. The molecule has 0 spiro atoms. The van der Waals surface area contributed by atoms with E-state index >= 15 is 0 Å². The Hall–Kier alpha value is -1.22. The van der Waals surface area contributed by atoms with Crippen molar-refractivity contribution in [1.82, 2.24) is 0 Å². The molecule has 13 heavy (non-hydrogen) atoms. The molecule has 0 heterocycles. The Kier molecular flexibility index (Phi) is 2.10. The second-order valence-corrected chi connectivity index (χ2v) is 3.83. The number of hydrogen-bond donors (Lipinski definition) is 0. The normalized spacial score (nSPS) is 17.8. The third-order valence-electron chi connectivity index (χ3n) is 2.71. The SMILES string of the molecule is C#CC(C)c1cccc(C2CC2)c1. The average molecular weight is 170 g/mol. The Balaban J connectivity index is 2.27. The third-order valence-corrected chi connectivity index (χ3v) is 2.71. The van der Waals surface area contributed by atoms with Crippen LogP contribution in [0.25, 0.3) is 0 Å². The summed E-state index contributed by atoms with van der Waals surface area (Å²) >= 11 is 0. The van der Waals surface area contributed by atoms with Gasteiger partial charge in [0.15, 0.2) is 0 Å². The van der Waals surface area contributed by atoms with Gasteiger partial charge in [-0.1, -0.05) is 30.2 Å². The van der Waals surface area contributed by atoms with Gasteiger partial charge in [0, 0.05) is 5.92 Å². The molecule has 1 atom stereocenters. The number of rotatable bonds is 2. The van der Waals surface area contributed by atoms with Crippen molar-refractivity contribution in [3.05, 3.63) is 35.4 Å². The largest absolute Gasteiger partial charge is 0.119 e. The summed E-state index contributed by atoms with van der Waals surface area (Å²) in [4.78, 5) is 0. The Morgan fingerprint density at radius 2 is 2.23 bits per heavy atom. The van der Waals surface area contributed by atoms with E-state index in [-0.39, 0.29) is 5.92 Å². The lowest BCUT2D eigenvalue weighted by atomic mass is 9.98. The van der Waals surface area contributed by atoms with Gasteiger partial charge in [0.05, 0.1) is 0 Å². The molecule has 0 radical (unpaired) electrons. The van der Waals surface area contributed by atoms with Crippen molar-refractivity contribution in [2.24, 2.45) is 0 Å². The zero-order chi connectivity index (χ0) is 9.26. The highest BCUT2D eigenvalue weighted by Crippen LogP contribution is 2.40. The Labute approximate surface area is 80.0 Å². The van der Waals surface area contributed by atoms with Crippen molar-refractivity contribution in [3.8, 4) is 12.3 Å². The van der Waals surface area contributed by atoms with Crippen LogP contribution in [0.5, 0.6) is 0 Å². The molecule has 1 aromatic rings. The molecule has 1 unspecified atom stereocenters. The third kappa shape index (κ3) is 1.75. The zero-order valence-electron chi connectivity index (χ0n) is 7.96. The van der Waals surface area contributed by atoms with Gasteiger partial charge < -0.3 is 0 Å². The summed E-state index contributed by atoms with van der Waals surface area (Å²) in [5.74, 6) is 3.84. The van der Waals surface area contributed by atoms with E-state index in [1.165, 1.54) is 24.0 Å². The molecule has 1 saturated carbocycles. The van der Waals surface area contributed by atoms with E-state index < -0.39 is 0 Å². The Morgan fingerprint density at radius 3 is 2.85 bits per heavy atom. The maximum atomic E-state index is 5.40. The molecule has 0 saturated heterocycles. The summed E-state index contributed by atoms with van der Waals surface area (Å²) in [5, 5.41) is 0. The maximum Gasteiger partial charge on any atom is 0.0421 e. The van der Waals surface area contributed by atoms with Crippen LogP contribution in [0.3, 0.4) is 0 Å². The van der Waals surface area contributed by atoms with Gasteiger partial charge in [0.2, 0.25) is 0 Å². The van der Waals surface area contributed by atoms with E-state index in [0.717, 1.165) is 5.92 Å². The minimum Gasteiger partial charge on any atom is -0.119 e. The first kappa shape index (κ1) is 8.38. The monoisotopic (exact) mass is 170 g/mol. The van der Waals surface area contributed by atoms with E-state index in [2.05, 4.69) is 37.1 Å². The van der Waals surface area contributed by atoms with Gasteiger partial charge >= 0.3 is 0 Å². The predicted molar refractivity (Wildman–Crippen MR) is 55.7 cm³/mol. The molecule has 0 heteroatoms. The van der Waals surface area contributed by atoms with Crippen LogP contribution in [-0.4, -0.2) is 0 Å². The highest BCUT2D eigenvalue weighted by atomic mass is 14.3. The van der Waals surface area contributed by atoms with Gasteiger partial charge in [0.1, 0.15) is 0 Å². The fourth-order valence-electron chi connectivity index (χ4n) is 1.60. The molecule has 0 N–H and O–H groups in total. The fourth-order valence-corrected chi connectivity index (χ4v) is 1.60. The molecule has 1 aliphatic rings. The zero-order valence-corrected chi connectivity index (χ0v) is 7.96. The van der Waals surface area contributed by atoms with Crippen molar-refractivity contribution in [1.29, 1.82) is 0 Å². The summed E-state index contributed by atoms with van der Waals surface area (Å²) in [5.41, 5.74) is 2.76. The summed E-state index contributed by atoms with van der Waals surface area (Å²) in [6, 6.07) is 8.72. The van der Waals surface area contributed by atoms with E-state index in [9.17, 15) is 0 Å². The van der Waals surface area contributed by atoms with Gasteiger partial charge in [-0.3, -0.25) is 0 Å². The highest BCUT2D eigenvalue weighted by Gasteiger charge is 2.23. The summed E-state index contributed by atoms with van der Waals surface area (Å²) < 4.78 is 0. The Morgan fingerprint density at radius 1 is 1.46 bits per heavy atom. The first-order valence-corrected chi connectivity index (χ1v) is 4.87.